The molecule has 0 aromatic heterocycles. The summed E-state index contributed by atoms with van der Waals surface area (Å²) in [6.07, 6.45) is 2.08. The number of rotatable bonds is 1. The maximum absolute atomic E-state index is 10.6. The van der Waals surface area contributed by atoms with Crippen LogP contribution in [0.25, 0.3) is 0 Å². The minimum atomic E-state index is -0.274. The first kappa shape index (κ1) is 6.91. The molecule has 11 heavy (non-hydrogen) atoms. The lowest BCUT2D eigenvalue weighted by molar-refractivity contribution is 0.176. The van der Waals surface area contributed by atoms with E-state index in [1.54, 1.807) is 0 Å². The van der Waals surface area contributed by atoms with E-state index in [1.807, 2.05) is 0 Å². The summed E-state index contributed by atoms with van der Waals surface area (Å²) < 4.78 is 4.79. The van der Waals surface area contributed by atoms with E-state index in [2.05, 4.69) is 10.6 Å². The summed E-state index contributed by atoms with van der Waals surface area (Å²) in [7, 11) is 0. The topological polar surface area (TPSA) is 50.4 Å². The lowest BCUT2D eigenvalue weighted by Crippen LogP contribution is -2.43. The van der Waals surface area contributed by atoms with Gasteiger partial charge < -0.3 is 15.4 Å². The summed E-state index contributed by atoms with van der Waals surface area (Å²) in [6, 6.07) is 0.631. The van der Waals surface area contributed by atoms with Crippen LogP contribution in [0.2, 0.25) is 0 Å². The van der Waals surface area contributed by atoms with Gasteiger partial charge in [0.2, 0.25) is 0 Å². The van der Waals surface area contributed by atoms with Crippen LogP contribution >= 0.6 is 0 Å². The number of hydrogen-bond acceptors (Lipinski definition) is 3. The largest absolute Gasteiger partial charge is 0.447 e. The zero-order chi connectivity index (χ0) is 7.68. The normalized spacial score (nSPS) is 36.9. The van der Waals surface area contributed by atoms with Crippen molar-refractivity contribution in [2.75, 3.05) is 13.2 Å². The molecule has 4 nitrogen and oxygen atoms in total. The highest BCUT2D eigenvalue weighted by atomic mass is 16.6. The van der Waals surface area contributed by atoms with E-state index in [-0.39, 0.29) is 12.1 Å². The molecule has 0 aliphatic carbocycles. The third kappa shape index (κ3) is 1.30. The van der Waals surface area contributed by atoms with Crippen LogP contribution in [0, 0.1) is 0 Å². The first-order valence-electron chi connectivity index (χ1n) is 4.03. The van der Waals surface area contributed by atoms with Crippen molar-refractivity contribution < 1.29 is 9.53 Å². The Labute approximate surface area is 65.3 Å². The van der Waals surface area contributed by atoms with Crippen LogP contribution in [0.1, 0.15) is 12.8 Å². The first-order valence-corrected chi connectivity index (χ1v) is 4.03. The van der Waals surface area contributed by atoms with Crippen molar-refractivity contribution in [3.63, 3.8) is 0 Å². The summed E-state index contributed by atoms with van der Waals surface area (Å²) in [6.45, 7) is 1.59. The molecule has 2 saturated heterocycles. The molecule has 2 fully saturated rings. The fraction of sp³-hybridized carbons (Fsp3) is 0.857. The molecule has 2 aliphatic heterocycles. The maximum atomic E-state index is 10.6. The average Bonchev–Trinajstić information content (AvgIpc) is 2.55. The molecule has 0 aromatic carbocycles. The summed E-state index contributed by atoms with van der Waals surface area (Å²) in [5.74, 6) is 0. The Hall–Kier alpha value is -0.770. The fourth-order valence-electron chi connectivity index (χ4n) is 1.67. The minimum absolute atomic E-state index is 0.199. The van der Waals surface area contributed by atoms with E-state index in [4.69, 9.17) is 4.74 Å². The number of hydrogen-bond donors (Lipinski definition) is 2. The Morgan fingerprint density at radius 3 is 2.91 bits per heavy atom. The molecule has 0 bridgehead atoms. The zero-order valence-electron chi connectivity index (χ0n) is 6.30. The van der Waals surface area contributed by atoms with E-state index in [9.17, 15) is 4.79 Å². The lowest BCUT2D eigenvalue weighted by Gasteiger charge is -2.15. The molecule has 0 radical (unpaired) electrons. The number of nitrogens with one attached hydrogen (secondary N) is 2. The molecule has 2 rings (SSSR count). The van der Waals surface area contributed by atoms with Crippen molar-refractivity contribution >= 4 is 6.09 Å². The van der Waals surface area contributed by atoms with Crippen molar-refractivity contribution in [1.82, 2.24) is 10.6 Å². The first-order chi connectivity index (χ1) is 5.36. The molecule has 4 heteroatoms. The standard InChI is InChI=1S/C7H12N2O2/c10-7-9-6(4-11-7)5-2-1-3-8-5/h5-6,8H,1-4H2,(H,9,10). The van der Waals surface area contributed by atoms with Crippen LogP contribution in [0.15, 0.2) is 0 Å². The number of cyclic esters (lactones) is 1. The van der Waals surface area contributed by atoms with Crippen molar-refractivity contribution in [3.05, 3.63) is 0 Å². The van der Waals surface area contributed by atoms with E-state index >= 15 is 0 Å². The van der Waals surface area contributed by atoms with Crippen LogP contribution in [-0.2, 0) is 4.74 Å². The second-order valence-corrected chi connectivity index (χ2v) is 3.05. The van der Waals surface area contributed by atoms with Crippen molar-refractivity contribution in [1.29, 1.82) is 0 Å². The van der Waals surface area contributed by atoms with Gasteiger partial charge in [0.1, 0.15) is 6.61 Å². The molecule has 2 heterocycles. The molecule has 62 valence electrons. The van der Waals surface area contributed by atoms with Gasteiger partial charge in [0.15, 0.2) is 0 Å². The third-order valence-corrected chi connectivity index (χ3v) is 2.28. The van der Waals surface area contributed by atoms with Crippen LogP contribution < -0.4 is 10.6 Å². The van der Waals surface area contributed by atoms with E-state index in [1.165, 1.54) is 6.42 Å². The van der Waals surface area contributed by atoms with E-state index < -0.39 is 0 Å². The van der Waals surface area contributed by atoms with Gasteiger partial charge in [-0.1, -0.05) is 0 Å². The molecular formula is C7H12N2O2. The molecule has 2 N–H and O–H groups in total. The molecule has 0 spiro atoms. The van der Waals surface area contributed by atoms with Gasteiger partial charge in [-0.15, -0.1) is 0 Å². The van der Waals surface area contributed by atoms with Gasteiger partial charge in [-0.2, -0.15) is 0 Å². The average molecular weight is 156 g/mol. The second kappa shape index (κ2) is 2.70. The Bertz CT molecular complexity index is 166. The fourth-order valence-corrected chi connectivity index (χ4v) is 1.67. The number of ether oxygens (including phenoxy) is 1. The second-order valence-electron chi connectivity index (χ2n) is 3.05. The predicted octanol–water partition coefficient (Wildman–Crippen LogP) is -0.153. The Morgan fingerprint density at radius 1 is 1.45 bits per heavy atom. The summed E-state index contributed by atoms with van der Waals surface area (Å²) in [5.41, 5.74) is 0. The highest BCUT2D eigenvalue weighted by Crippen LogP contribution is 2.12. The number of alkyl carbamates (subject to hydrolysis) is 1. The summed E-state index contributed by atoms with van der Waals surface area (Å²) in [5, 5.41) is 6.10. The van der Waals surface area contributed by atoms with Crippen molar-refractivity contribution in [2.24, 2.45) is 0 Å². The Morgan fingerprint density at radius 2 is 2.36 bits per heavy atom. The van der Waals surface area contributed by atoms with Gasteiger partial charge in [-0.05, 0) is 19.4 Å². The molecule has 2 aliphatic rings. The summed E-state index contributed by atoms with van der Waals surface area (Å²) >= 11 is 0. The molecule has 0 aromatic rings. The van der Waals surface area contributed by atoms with Crippen LogP contribution in [0.3, 0.4) is 0 Å². The maximum Gasteiger partial charge on any atom is 0.407 e. The van der Waals surface area contributed by atoms with Gasteiger partial charge in [-0.3, -0.25) is 0 Å². The molecule has 1 amide bonds. The van der Waals surface area contributed by atoms with Gasteiger partial charge in [0.05, 0.1) is 6.04 Å². The number of amides is 1. The zero-order valence-corrected chi connectivity index (χ0v) is 6.30. The van der Waals surface area contributed by atoms with Crippen LogP contribution in [0.5, 0.6) is 0 Å². The Kier molecular flexibility index (Phi) is 1.69. The summed E-state index contributed by atoms with van der Waals surface area (Å²) in [4.78, 5) is 10.6. The van der Waals surface area contributed by atoms with Gasteiger partial charge >= 0.3 is 6.09 Å². The quantitative estimate of drug-likeness (QED) is 0.555. The molecule has 2 unspecified atom stereocenters. The predicted molar refractivity (Wildman–Crippen MR) is 39.3 cm³/mol. The number of carbonyl (C=O) groups is 1. The van der Waals surface area contributed by atoms with E-state index in [0.717, 1.165) is 13.0 Å². The Balaban J connectivity index is 1.90. The van der Waals surface area contributed by atoms with Gasteiger partial charge in [0.25, 0.3) is 0 Å². The molecule has 0 saturated carbocycles. The lowest BCUT2D eigenvalue weighted by atomic mass is 10.1. The van der Waals surface area contributed by atoms with Crippen molar-refractivity contribution in [2.45, 2.75) is 24.9 Å². The SMILES string of the molecule is O=C1NC(C2CCCN2)CO1. The minimum Gasteiger partial charge on any atom is -0.447 e. The van der Waals surface area contributed by atoms with Gasteiger partial charge in [-0.25, -0.2) is 4.79 Å². The smallest absolute Gasteiger partial charge is 0.407 e. The molecular weight excluding hydrogens is 144 g/mol. The number of carbonyl (C=O) groups excluding carboxylic acids is 1. The molecule has 2 atom stereocenters. The van der Waals surface area contributed by atoms with Gasteiger partial charge in [0, 0.05) is 6.04 Å². The highest BCUT2D eigenvalue weighted by molar-refractivity contribution is 5.69. The highest BCUT2D eigenvalue weighted by Gasteiger charge is 2.31. The van der Waals surface area contributed by atoms with Crippen LogP contribution in [-0.4, -0.2) is 31.3 Å². The van der Waals surface area contributed by atoms with Crippen molar-refractivity contribution in [3.8, 4) is 0 Å². The monoisotopic (exact) mass is 156 g/mol. The van der Waals surface area contributed by atoms with Crippen LogP contribution in [0.4, 0.5) is 4.79 Å². The third-order valence-electron chi connectivity index (χ3n) is 2.28. The van der Waals surface area contributed by atoms with E-state index in [0.29, 0.717) is 12.6 Å².